The Hall–Kier alpha value is -3.28. The Morgan fingerprint density at radius 3 is 2.62 bits per heavy atom. The molecule has 1 aliphatic rings. The summed E-state index contributed by atoms with van der Waals surface area (Å²) in [6.07, 6.45) is 0.921. The number of aliphatic carboxylic acids is 1. The first-order valence-electron chi connectivity index (χ1n) is 9.95. The number of nitriles is 1. The summed E-state index contributed by atoms with van der Waals surface area (Å²) in [6.45, 7) is 0. The zero-order valence-electron chi connectivity index (χ0n) is 17.4. The molecule has 14 heteroatoms. The molecule has 0 spiro atoms. The number of carbonyl (C=O) groups excluding carboxylic acids is 1. The molecule has 3 aromatic rings. The van der Waals surface area contributed by atoms with Crippen LogP contribution in [0.1, 0.15) is 40.9 Å². The van der Waals surface area contributed by atoms with Crippen molar-refractivity contribution in [2.45, 2.75) is 43.9 Å². The number of hydrogen-bond donors (Lipinski definition) is 4. The fraction of sp³-hybridized carbons (Fsp3) is 0.350. The minimum atomic E-state index is -5.08. The van der Waals surface area contributed by atoms with Crippen LogP contribution in [-0.2, 0) is 4.79 Å². The number of carboxylic acid groups (broad SMARTS) is 1. The molecule has 3 heterocycles. The highest BCUT2D eigenvalue weighted by atomic mass is 32.1. The summed E-state index contributed by atoms with van der Waals surface area (Å²) in [4.78, 5) is 31.8. The lowest BCUT2D eigenvalue weighted by atomic mass is 9.91. The third kappa shape index (κ3) is 6.19. The number of anilines is 2. The van der Waals surface area contributed by atoms with E-state index in [2.05, 4.69) is 26.7 Å². The maximum Gasteiger partial charge on any atom is 0.490 e. The molecule has 34 heavy (non-hydrogen) atoms. The number of fused-ring (bicyclic) bond motifs is 1. The Bertz CT molecular complexity index is 1220. The topological polar surface area (TPSA) is 154 Å². The van der Waals surface area contributed by atoms with Gasteiger partial charge in [-0.05, 0) is 24.3 Å². The molecule has 9 nitrogen and oxygen atoms in total. The van der Waals surface area contributed by atoms with Crippen LogP contribution in [0.2, 0.25) is 0 Å². The van der Waals surface area contributed by atoms with E-state index in [0.717, 1.165) is 25.7 Å². The second kappa shape index (κ2) is 10.8. The zero-order valence-corrected chi connectivity index (χ0v) is 19.1. The van der Waals surface area contributed by atoms with Gasteiger partial charge in [-0.2, -0.15) is 18.4 Å². The quantitative estimate of drug-likeness (QED) is 0.406. The highest BCUT2D eigenvalue weighted by molar-refractivity contribution is 7.17. The van der Waals surface area contributed by atoms with Gasteiger partial charge in [0.1, 0.15) is 27.1 Å². The van der Waals surface area contributed by atoms with Gasteiger partial charge in [0.25, 0.3) is 5.91 Å². The van der Waals surface area contributed by atoms with Crippen molar-refractivity contribution in [3.8, 4) is 6.07 Å². The van der Waals surface area contributed by atoms with E-state index in [1.807, 2.05) is 0 Å². The number of rotatable bonds is 4. The summed E-state index contributed by atoms with van der Waals surface area (Å²) in [5, 5.41) is 25.9. The van der Waals surface area contributed by atoms with E-state index in [9.17, 15) is 18.0 Å². The fourth-order valence-electron chi connectivity index (χ4n) is 3.25. The van der Waals surface area contributed by atoms with Crippen molar-refractivity contribution in [3.63, 3.8) is 0 Å². The number of thiophene rings is 2. The van der Waals surface area contributed by atoms with Gasteiger partial charge in [-0.3, -0.25) is 4.79 Å². The Morgan fingerprint density at radius 2 is 1.97 bits per heavy atom. The van der Waals surface area contributed by atoms with Crippen molar-refractivity contribution in [1.29, 1.82) is 5.26 Å². The van der Waals surface area contributed by atoms with Gasteiger partial charge in [0.05, 0.1) is 17.4 Å². The van der Waals surface area contributed by atoms with E-state index in [1.165, 1.54) is 22.7 Å². The van der Waals surface area contributed by atoms with Crippen LogP contribution in [0, 0.1) is 11.3 Å². The third-order valence-electron chi connectivity index (χ3n) is 4.94. The molecular formula is C20H19F3N6O3S2. The van der Waals surface area contributed by atoms with Crippen LogP contribution >= 0.6 is 22.7 Å². The number of aromatic nitrogens is 2. The van der Waals surface area contributed by atoms with Gasteiger partial charge >= 0.3 is 12.1 Å². The van der Waals surface area contributed by atoms with E-state index in [-0.39, 0.29) is 18.0 Å². The molecule has 1 amide bonds. The summed E-state index contributed by atoms with van der Waals surface area (Å²) in [6, 6.07) is 4.07. The molecule has 1 fully saturated rings. The maximum atomic E-state index is 12.7. The predicted molar refractivity (Wildman–Crippen MR) is 122 cm³/mol. The van der Waals surface area contributed by atoms with Crippen molar-refractivity contribution in [2.75, 3.05) is 10.6 Å². The average molecular weight is 513 g/mol. The number of halogens is 3. The largest absolute Gasteiger partial charge is 0.490 e. The molecule has 0 unspecified atom stereocenters. The van der Waals surface area contributed by atoms with Gasteiger partial charge in [-0.15, -0.1) is 22.7 Å². The Morgan fingerprint density at radius 1 is 1.26 bits per heavy atom. The van der Waals surface area contributed by atoms with Crippen LogP contribution < -0.4 is 16.4 Å². The van der Waals surface area contributed by atoms with E-state index in [0.29, 0.717) is 32.3 Å². The van der Waals surface area contributed by atoms with Gasteiger partial charge in [-0.1, -0.05) is 12.8 Å². The first-order valence-corrected chi connectivity index (χ1v) is 11.7. The number of hydrogen-bond acceptors (Lipinski definition) is 9. The smallest absolute Gasteiger partial charge is 0.475 e. The monoisotopic (exact) mass is 512 g/mol. The molecule has 0 aliphatic heterocycles. The normalized spacial score (nSPS) is 17.9. The van der Waals surface area contributed by atoms with Crippen molar-refractivity contribution in [2.24, 2.45) is 5.73 Å². The molecule has 0 radical (unpaired) electrons. The van der Waals surface area contributed by atoms with Crippen LogP contribution in [0.25, 0.3) is 10.3 Å². The minimum Gasteiger partial charge on any atom is -0.475 e. The summed E-state index contributed by atoms with van der Waals surface area (Å²) >= 11 is 2.66. The van der Waals surface area contributed by atoms with Gasteiger partial charge in [0.2, 0.25) is 0 Å². The number of alkyl halides is 3. The summed E-state index contributed by atoms with van der Waals surface area (Å²) < 4.78 is 31.7. The van der Waals surface area contributed by atoms with Crippen molar-refractivity contribution in [1.82, 2.24) is 9.97 Å². The number of nitrogens with one attached hydrogen (secondary N) is 2. The number of nitrogens with two attached hydrogens (primary N) is 1. The lowest BCUT2D eigenvalue weighted by Gasteiger charge is -2.29. The summed E-state index contributed by atoms with van der Waals surface area (Å²) in [5.41, 5.74) is 7.73. The lowest BCUT2D eigenvalue weighted by Crippen LogP contribution is -2.42. The second-order valence-electron chi connectivity index (χ2n) is 7.29. The number of nitrogens with zero attached hydrogens (tertiary/aromatic N) is 3. The predicted octanol–water partition coefficient (Wildman–Crippen LogP) is 4.19. The molecule has 3 aromatic heterocycles. The molecule has 2 atom stereocenters. The van der Waals surface area contributed by atoms with Gasteiger partial charge < -0.3 is 21.5 Å². The van der Waals surface area contributed by atoms with Crippen molar-refractivity contribution < 1.29 is 27.9 Å². The molecule has 1 saturated carbocycles. The van der Waals surface area contributed by atoms with Crippen LogP contribution in [0.15, 0.2) is 23.0 Å². The minimum absolute atomic E-state index is 0.101. The van der Waals surface area contributed by atoms with Gasteiger partial charge in [-0.25, -0.2) is 14.8 Å². The van der Waals surface area contributed by atoms with Gasteiger partial charge in [0, 0.05) is 17.5 Å². The molecule has 4 rings (SSSR count). The van der Waals surface area contributed by atoms with Crippen LogP contribution in [0.3, 0.4) is 0 Å². The van der Waals surface area contributed by atoms with Crippen LogP contribution in [-0.4, -0.2) is 45.2 Å². The van der Waals surface area contributed by atoms with E-state index < -0.39 is 12.1 Å². The van der Waals surface area contributed by atoms with E-state index in [4.69, 9.17) is 20.9 Å². The molecular weight excluding hydrogens is 493 g/mol. The first-order chi connectivity index (χ1) is 16.1. The molecule has 1 aliphatic carbocycles. The fourth-order valence-corrected chi connectivity index (χ4v) is 4.72. The van der Waals surface area contributed by atoms with Crippen molar-refractivity contribution in [3.05, 3.63) is 33.5 Å². The molecule has 5 N–H and O–H groups in total. The average Bonchev–Trinajstić information content (AvgIpc) is 3.41. The molecule has 180 valence electrons. The summed E-state index contributed by atoms with van der Waals surface area (Å²) in [5.74, 6) is -2.42. The van der Waals surface area contributed by atoms with Crippen LogP contribution in [0.4, 0.5) is 24.7 Å². The number of carbonyl (C=O) groups is 2. The standard InChI is InChI=1S/C18H18N6OS2.C2HF3O2/c19-7-14-13(5-6-26-14)23-17(25)10-9-27-18-16(10)24-15(8-21-18)22-12-4-2-1-3-11(12)20;3-2(4,5)1(6)7/h5-6,8-9,11-12H,1-4,20H2,(H,22,24)(H,23,25);(H,6,7)/t11-,12+;/m0./s1. The van der Waals surface area contributed by atoms with E-state index >= 15 is 0 Å². The molecule has 0 saturated heterocycles. The second-order valence-corrected chi connectivity index (χ2v) is 9.06. The SMILES string of the molecule is N#Cc1sccc1NC(=O)c1csc2ncc(N[C@@H]3CCCC[C@@H]3N)nc12.O=C(O)C(F)(F)F. The van der Waals surface area contributed by atoms with E-state index in [1.54, 1.807) is 23.0 Å². The molecule has 0 aromatic carbocycles. The highest BCUT2D eigenvalue weighted by Gasteiger charge is 2.38. The number of amides is 1. The Balaban J connectivity index is 0.000000406. The number of carboxylic acids is 1. The summed E-state index contributed by atoms with van der Waals surface area (Å²) in [7, 11) is 0. The zero-order chi connectivity index (χ0) is 24.9. The molecule has 0 bridgehead atoms. The van der Waals surface area contributed by atoms with Crippen molar-refractivity contribution >= 4 is 56.4 Å². The lowest BCUT2D eigenvalue weighted by molar-refractivity contribution is -0.192. The Kier molecular flexibility index (Phi) is 8.02. The van der Waals surface area contributed by atoms with Crippen LogP contribution in [0.5, 0.6) is 0 Å². The first kappa shape index (κ1) is 25.3. The van der Waals surface area contributed by atoms with Gasteiger partial charge in [0.15, 0.2) is 0 Å². The Labute approximate surface area is 199 Å². The maximum absolute atomic E-state index is 12.7. The highest BCUT2D eigenvalue weighted by Crippen LogP contribution is 2.27. The third-order valence-corrected chi connectivity index (χ3v) is 6.63.